The van der Waals surface area contributed by atoms with E-state index in [4.69, 9.17) is 17.0 Å². The predicted molar refractivity (Wildman–Crippen MR) is 108 cm³/mol. The quantitative estimate of drug-likeness (QED) is 0.634. The fourth-order valence-electron chi connectivity index (χ4n) is 2.62. The molecule has 0 saturated heterocycles. The highest BCUT2D eigenvalue weighted by atomic mass is 32.1. The average Bonchev–Trinajstić information content (AvgIpc) is 2.65. The molecule has 0 radical (unpaired) electrons. The molecule has 2 aromatic rings. The second-order valence-corrected chi connectivity index (χ2v) is 6.40. The van der Waals surface area contributed by atoms with E-state index < -0.39 is 0 Å². The zero-order valence-electron chi connectivity index (χ0n) is 15.3. The van der Waals surface area contributed by atoms with E-state index in [-0.39, 0.29) is 0 Å². The average molecular weight is 359 g/mol. The molecule has 5 heteroatoms. The molecular weight excluding hydrogens is 330 g/mol. The summed E-state index contributed by atoms with van der Waals surface area (Å²) in [6.07, 6.45) is 0. The molecule has 0 fully saturated rings. The summed E-state index contributed by atoms with van der Waals surface area (Å²) >= 11 is 5.36. The van der Waals surface area contributed by atoms with Gasteiger partial charge in [0.25, 0.3) is 0 Å². The number of quaternary nitrogens is 1. The van der Waals surface area contributed by atoms with Crippen LogP contribution < -0.4 is 20.3 Å². The van der Waals surface area contributed by atoms with Gasteiger partial charge in [-0.1, -0.05) is 30.3 Å². The number of ether oxygens (including phenoxy) is 1. The summed E-state index contributed by atoms with van der Waals surface area (Å²) < 4.78 is 5.22. The second kappa shape index (κ2) is 10.0. The third kappa shape index (κ3) is 6.36. The van der Waals surface area contributed by atoms with E-state index in [1.807, 2.05) is 24.3 Å². The van der Waals surface area contributed by atoms with Crippen molar-refractivity contribution >= 4 is 23.0 Å². The van der Waals surface area contributed by atoms with E-state index in [0.29, 0.717) is 11.7 Å². The number of hydrogen-bond donors (Lipinski definition) is 3. The van der Waals surface area contributed by atoms with E-state index in [9.17, 15) is 0 Å². The van der Waals surface area contributed by atoms with Crippen LogP contribution in [-0.2, 0) is 13.1 Å². The number of benzene rings is 2. The molecule has 0 aliphatic carbocycles. The van der Waals surface area contributed by atoms with E-state index in [1.165, 1.54) is 11.1 Å². The minimum Gasteiger partial charge on any atom is -0.497 e. The van der Waals surface area contributed by atoms with Crippen LogP contribution in [0.3, 0.4) is 0 Å². The highest BCUT2D eigenvalue weighted by Gasteiger charge is 2.04. The van der Waals surface area contributed by atoms with Crippen LogP contribution in [0.2, 0.25) is 0 Å². The summed E-state index contributed by atoms with van der Waals surface area (Å²) in [5, 5.41) is 7.02. The summed E-state index contributed by atoms with van der Waals surface area (Å²) in [5.41, 5.74) is 3.50. The first-order valence-corrected chi connectivity index (χ1v) is 9.15. The van der Waals surface area contributed by atoms with E-state index in [2.05, 4.69) is 48.7 Å². The van der Waals surface area contributed by atoms with Crippen molar-refractivity contribution in [1.82, 2.24) is 5.32 Å². The molecule has 0 bridgehead atoms. The molecule has 0 aliphatic rings. The van der Waals surface area contributed by atoms with Crippen LogP contribution in [0.15, 0.2) is 48.5 Å². The molecule has 3 N–H and O–H groups in total. The smallest absolute Gasteiger partial charge is 0.171 e. The maximum atomic E-state index is 5.36. The molecule has 25 heavy (non-hydrogen) atoms. The highest BCUT2D eigenvalue weighted by molar-refractivity contribution is 7.80. The summed E-state index contributed by atoms with van der Waals surface area (Å²) in [7, 11) is 1.65. The van der Waals surface area contributed by atoms with Crippen molar-refractivity contribution in [3.05, 3.63) is 59.7 Å². The van der Waals surface area contributed by atoms with Crippen LogP contribution >= 0.6 is 12.2 Å². The lowest BCUT2D eigenvalue weighted by Crippen LogP contribution is -3.10. The molecule has 0 amide bonds. The van der Waals surface area contributed by atoms with Gasteiger partial charge in [-0.15, -0.1) is 0 Å². The van der Waals surface area contributed by atoms with Gasteiger partial charge >= 0.3 is 0 Å². The van der Waals surface area contributed by atoms with Gasteiger partial charge in [-0.2, -0.15) is 0 Å². The van der Waals surface area contributed by atoms with Crippen LogP contribution in [0.4, 0.5) is 5.69 Å². The van der Waals surface area contributed by atoms with Crippen molar-refractivity contribution in [3.63, 3.8) is 0 Å². The van der Waals surface area contributed by atoms with Crippen LogP contribution in [0.25, 0.3) is 0 Å². The van der Waals surface area contributed by atoms with Gasteiger partial charge in [0.1, 0.15) is 12.3 Å². The van der Waals surface area contributed by atoms with Gasteiger partial charge in [0.2, 0.25) is 0 Å². The number of hydrogen-bond acceptors (Lipinski definition) is 2. The molecular formula is C20H28N3OS+. The van der Waals surface area contributed by atoms with Crippen molar-refractivity contribution in [2.75, 3.05) is 25.5 Å². The molecule has 2 rings (SSSR count). The Labute approximate surface area is 156 Å². The summed E-state index contributed by atoms with van der Waals surface area (Å²) in [4.78, 5) is 1.59. The Balaban J connectivity index is 1.83. The maximum absolute atomic E-state index is 5.36. The molecule has 0 aliphatic heterocycles. The molecule has 0 saturated carbocycles. The van der Waals surface area contributed by atoms with E-state index in [1.54, 1.807) is 12.0 Å². The first kappa shape index (κ1) is 19.2. The monoisotopic (exact) mass is 358 g/mol. The largest absolute Gasteiger partial charge is 0.497 e. The molecule has 0 aromatic heterocycles. The lowest BCUT2D eigenvalue weighted by Gasteiger charge is -2.15. The van der Waals surface area contributed by atoms with Crippen molar-refractivity contribution in [3.8, 4) is 5.75 Å². The second-order valence-electron chi connectivity index (χ2n) is 5.99. The Bertz CT molecular complexity index is 669. The van der Waals surface area contributed by atoms with Gasteiger partial charge in [0, 0.05) is 23.9 Å². The Kier molecular flexibility index (Phi) is 7.70. The van der Waals surface area contributed by atoms with Crippen LogP contribution in [0.1, 0.15) is 25.0 Å². The van der Waals surface area contributed by atoms with E-state index in [0.717, 1.165) is 31.1 Å². The number of anilines is 1. The normalized spacial score (nSPS) is 10.6. The SMILES string of the molecule is CC[NH+](CC)Cc1ccc(CNC(=S)Nc2cccc(OC)c2)cc1. The minimum atomic E-state index is 0.602. The molecule has 0 spiro atoms. The fraction of sp³-hybridized carbons (Fsp3) is 0.350. The van der Waals surface area contributed by atoms with Gasteiger partial charge in [-0.3, -0.25) is 0 Å². The number of methoxy groups -OCH3 is 1. The minimum absolute atomic E-state index is 0.602. The van der Waals surface area contributed by atoms with Gasteiger partial charge in [-0.25, -0.2) is 0 Å². The maximum Gasteiger partial charge on any atom is 0.171 e. The Hall–Kier alpha value is -2.11. The number of nitrogens with one attached hydrogen (secondary N) is 3. The van der Waals surface area contributed by atoms with Crippen molar-refractivity contribution in [2.24, 2.45) is 0 Å². The molecule has 0 unspecified atom stereocenters. The highest BCUT2D eigenvalue weighted by Crippen LogP contribution is 2.16. The van der Waals surface area contributed by atoms with Crippen LogP contribution in [0.5, 0.6) is 5.75 Å². The Morgan fingerprint density at radius 3 is 2.36 bits per heavy atom. The van der Waals surface area contributed by atoms with Crippen LogP contribution in [-0.4, -0.2) is 25.3 Å². The molecule has 0 atom stereocenters. The first-order valence-electron chi connectivity index (χ1n) is 8.74. The first-order chi connectivity index (χ1) is 12.1. The van der Waals surface area contributed by atoms with Crippen LogP contribution in [0, 0.1) is 0 Å². The Morgan fingerprint density at radius 2 is 1.72 bits per heavy atom. The zero-order chi connectivity index (χ0) is 18.1. The summed E-state index contributed by atoms with van der Waals surface area (Å²) in [6, 6.07) is 16.5. The molecule has 134 valence electrons. The Morgan fingerprint density at radius 1 is 1.04 bits per heavy atom. The third-order valence-electron chi connectivity index (χ3n) is 4.26. The number of thiocarbonyl (C=S) groups is 1. The predicted octanol–water partition coefficient (Wildman–Crippen LogP) is 2.61. The molecule has 0 heterocycles. The van der Waals surface area contributed by atoms with Gasteiger partial charge in [0.15, 0.2) is 5.11 Å². The topological polar surface area (TPSA) is 37.7 Å². The van der Waals surface area contributed by atoms with Crippen molar-refractivity contribution in [1.29, 1.82) is 0 Å². The fourth-order valence-corrected chi connectivity index (χ4v) is 2.81. The van der Waals surface area contributed by atoms with Crippen molar-refractivity contribution < 1.29 is 9.64 Å². The molecule has 4 nitrogen and oxygen atoms in total. The summed E-state index contributed by atoms with van der Waals surface area (Å²) in [6.45, 7) is 8.56. The number of rotatable bonds is 8. The van der Waals surface area contributed by atoms with Crippen molar-refractivity contribution in [2.45, 2.75) is 26.9 Å². The lowest BCUT2D eigenvalue weighted by molar-refractivity contribution is -0.910. The van der Waals surface area contributed by atoms with Gasteiger partial charge in [0.05, 0.1) is 20.2 Å². The summed E-state index contributed by atoms with van der Waals surface area (Å²) in [5.74, 6) is 0.804. The molecule has 2 aromatic carbocycles. The zero-order valence-corrected chi connectivity index (χ0v) is 16.1. The van der Waals surface area contributed by atoms with Gasteiger partial charge in [-0.05, 0) is 43.8 Å². The lowest BCUT2D eigenvalue weighted by atomic mass is 10.1. The van der Waals surface area contributed by atoms with E-state index >= 15 is 0 Å². The third-order valence-corrected chi connectivity index (χ3v) is 4.50. The van der Waals surface area contributed by atoms with Gasteiger partial charge < -0.3 is 20.3 Å². The standard InChI is InChI=1S/C20H27N3OS/c1-4-23(5-2)15-17-11-9-16(10-12-17)14-21-20(25)22-18-7-6-8-19(13-18)24-3/h6-13H,4-5,14-15H2,1-3H3,(H2,21,22,25)/p+1.